The van der Waals surface area contributed by atoms with Gasteiger partial charge in [0.05, 0.1) is 6.10 Å². The molecular weight excluding hydrogens is 186 g/mol. The van der Waals surface area contributed by atoms with Crippen LogP contribution >= 0.6 is 11.8 Å². The van der Waals surface area contributed by atoms with Crippen LogP contribution in [0.5, 0.6) is 0 Å². The van der Waals surface area contributed by atoms with E-state index in [0.717, 1.165) is 25.7 Å². The number of aliphatic hydroxyl groups is 1. The van der Waals surface area contributed by atoms with E-state index in [1.54, 1.807) is 0 Å². The number of nitrogens with two attached hydrogens (primary N) is 2. The highest BCUT2D eigenvalue weighted by molar-refractivity contribution is 8.14. The van der Waals surface area contributed by atoms with Crippen molar-refractivity contribution in [3.8, 4) is 0 Å². The predicted octanol–water partition coefficient (Wildman–Crippen LogP) is 0.602. The predicted molar refractivity (Wildman–Crippen MR) is 56.3 cm³/mol. The minimum atomic E-state index is -0.257. The van der Waals surface area contributed by atoms with E-state index in [1.165, 1.54) is 18.2 Å². The molecule has 0 aromatic rings. The molecule has 1 aliphatic rings. The van der Waals surface area contributed by atoms with E-state index in [-0.39, 0.29) is 11.4 Å². The van der Waals surface area contributed by atoms with Crippen LogP contribution < -0.4 is 11.6 Å². The summed E-state index contributed by atoms with van der Waals surface area (Å²) in [4.78, 5) is 0. The van der Waals surface area contributed by atoms with Crippen molar-refractivity contribution in [1.82, 2.24) is 0 Å². The topological polar surface area (TPSA) is 84.6 Å². The van der Waals surface area contributed by atoms with Crippen LogP contribution in [0.15, 0.2) is 5.10 Å². The van der Waals surface area contributed by atoms with Crippen molar-refractivity contribution in [2.24, 2.45) is 16.7 Å². The zero-order chi connectivity index (χ0) is 9.68. The lowest BCUT2D eigenvalue weighted by atomic mass is 10.1. The Bertz CT molecular complexity index is 186. The molecule has 0 spiro atoms. The van der Waals surface area contributed by atoms with Gasteiger partial charge in [-0.15, -0.1) is 0 Å². The van der Waals surface area contributed by atoms with E-state index >= 15 is 0 Å². The standard InChI is InChI=1S/C8H17N3OS/c9-8(11-10)13-7-5-3-1-2-4-6(7)12/h6-7,12H,1-5,10H2,(H2,9,11). The Morgan fingerprint density at radius 1 is 1.31 bits per heavy atom. The van der Waals surface area contributed by atoms with Crippen molar-refractivity contribution in [1.29, 1.82) is 0 Å². The molecule has 0 aromatic heterocycles. The average molecular weight is 203 g/mol. The van der Waals surface area contributed by atoms with E-state index < -0.39 is 0 Å². The molecule has 1 saturated carbocycles. The minimum absolute atomic E-state index is 0.176. The molecular formula is C8H17N3OS. The highest BCUT2D eigenvalue weighted by atomic mass is 32.2. The molecule has 13 heavy (non-hydrogen) atoms. The molecule has 5 N–H and O–H groups in total. The maximum Gasteiger partial charge on any atom is 0.177 e. The maximum atomic E-state index is 9.72. The van der Waals surface area contributed by atoms with Crippen LogP contribution in [0.3, 0.4) is 0 Å². The van der Waals surface area contributed by atoms with Crippen LogP contribution in [0.4, 0.5) is 0 Å². The molecule has 76 valence electrons. The Balaban J connectivity index is 2.45. The Morgan fingerprint density at radius 3 is 2.69 bits per heavy atom. The SMILES string of the molecule is NN=C(N)SC1CCCCCC1O. The third-order valence-corrected chi connectivity index (χ3v) is 3.52. The summed E-state index contributed by atoms with van der Waals surface area (Å²) < 4.78 is 0. The summed E-state index contributed by atoms with van der Waals surface area (Å²) in [6, 6.07) is 0. The van der Waals surface area contributed by atoms with E-state index in [9.17, 15) is 5.11 Å². The number of amidine groups is 1. The van der Waals surface area contributed by atoms with E-state index in [1.807, 2.05) is 0 Å². The number of hydrogen-bond donors (Lipinski definition) is 3. The van der Waals surface area contributed by atoms with Crippen molar-refractivity contribution in [3.63, 3.8) is 0 Å². The second-order valence-electron chi connectivity index (χ2n) is 3.33. The van der Waals surface area contributed by atoms with Gasteiger partial charge in [-0.2, -0.15) is 5.10 Å². The Labute approximate surface area is 82.8 Å². The van der Waals surface area contributed by atoms with Gasteiger partial charge in [0.25, 0.3) is 0 Å². The van der Waals surface area contributed by atoms with Crippen molar-refractivity contribution in [2.75, 3.05) is 0 Å². The fourth-order valence-electron chi connectivity index (χ4n) is 1.58. The van der Waals surface area contributed by atoms with Crippen molar-refractivity contribution in [2.45, 2.75) is 43.5 Å². The van der Waals surface area contributed by atoms with Gasteiger partial charge in [-0.25, -0.2) is 0 Å². The fraction of sp³-hybridized carbons (Fsp3) is 0.875. The summed E-state index contributed by atoms with van der Waals surface area (Å²) in [6.45, 7) is 0. The molecule has 4 nitrogen and oxygen atoms in total. The largest absolute Gasteiger partial charge is 0.392 e. The summed E-state index contributed by atoms with van der Waals surface area (Å²) >= 11 is 1.39. The van der Waals surface area contributed by atoms with Gasteiger partial charge in [0.15, 0.2) is 5.17 Å². The lowest BCUT2D eigenvalue weighted by molar-refractivity contribution is 0.163. The molecule has 2 unspecified atom stereocenters. The average Bonchev–Trinajstić information content (AvgIpc) is 2.32. The van der Waals surface area contributed by atoms with Crippen LogP contribution in [0.2, 0.25) is 0 Å². The molecule has 0 bridgehead atoms. The number of rotatable bonds is 1. The van der Waals surface area contributed by atoms with Gasteiger partial charge >= 0.3 is 0 Å². The maximum absolute atomic E-state index is 9.72. The van der Waals surface area contributed by atoms with Crippen LogP contribution in [0.1, 0.15) is 32.1 Å². The van der Waals surface area contributed by atoms with Gasteiger partial charge in [0, 0.05) is 5.25 Å². The number of nitrogens with zero attached hydrogens (tertiary/aromatic N) is 1. The molecule has 0 radical (unpaired) electrons. The molecule has 0 aromatic carbocycles. The minimum Gasteiger partial charge on any atom is -0.392 e. The summed E-state index contributed by atoms with van der Waals surface area (Å²) in [6.07, 6.45) is 5.09. The molecule has 1 fully saturated rings. The normalized spacial score (nSPS) is 31.3. The van der Waals surface area contributed by atoms with Gasteiger partial charge in [-0.3, -0.25) is 0 Å². The third kappa shape index (κ3) is 3.44. The van der Waals surface area contributed by atoms with Crippen molar-refractivity contribution in [3.05, 3.63) is 0 Å². The lowest BCUT2D eigenvalue weighted by Crippen LogP contribution is -2.25. The number of hydrazone groups is 1. The number of thioether (sulfide) groups is 1. The zero-order valence-electron chi connectivity index (χ0n) is 7.65. The first kappa shape index (κ1) is 10.7. The first-order valence-corrected chi connectivity index (χ1v) is 5.50. The molecule has 1 aliphatic carbocycles. The van der Waals surface area contributed by atoms with Crippen LogP contribution in [-0.4, -0.2) is 21.6 Å². The highest BCUT2D eigenvalue weighted by Gasteiger charge is 2.22. The summed E-state index contributed by atoms with van der Waals surface area (Å²) in [7, 11) is 0. The van der Waals surface area contributed by atoms with E-state index in [0.29, 0.717) is 5.17 Å². The Morgan fingerprint density at radius 2 is 2.00 bits per heavy atom. The molecule has 0 saturated heterocycles. The second kappa shape index (κ2) is 5.34. The van der Waals surface area contributed by atoms with Gasteiger partial charge in [-0.1, -0.05) is 31.0 Å². The van der Waals surface area contributed by atoms with E-state index in [4.69, 9.17) is 11.6 Å². The molecule has 1 rings (SSSR count). The van der Waals surface area contributed by atoms with Crippen LogP contribution in [0.25, 0.3) is 0 Å². The Hall–Kier alpha value is -0.420. The molecule has 0 amide bonds. The van der Waals surface area contributed by atoms with Gasteiger partial charge in [0.1, 0.15) is 0 Å². The third-order valence-electron chi connectivity index (χ3n) is 2.32. The number of hydrogen-bond acceptors (Lipinski definition) is 4. The molecule has 0 aliphatic heterocycles. The zero-order valence-corrected chi connectivity index (χ0v) is 8.46. The number of aliphatic hydroxyl groups excluding tert-OH is 1. The smallest absolute Gasteiger partial charge is 0.177 e. The van der Waals surface area contributed by atoms with Gasteiger partial charge in [-0.05, 0) is 12.8 Å². The van der Waals surface area contributed by atoms with Gasteiger partial charge < -0.3 is 16.7 Å². The molecule has 2 atom stereocenters. The molecule has 0 heterocycles. The second-order valence-corrected chi connectivity index (χ2v) is 4.59. The fourth-order valence-corrected chi connectivity index (χ4v) is 2.53. The highest BCUT2D eigenvalue weighted by Crippen LogP contribution is 2.27. The summed E-state index contributed by atoms with van der Waals surface area (Å²) in [5.74, 6) is 5.03. The summed E-state index contributed by atoms with van der Waals surface area (Å²) in [5, 5.41) is 13.7. The van der Waals surface area contributed by atoms with Crippen LogP contribution in [-0.2, 0) is 0 Å². The Kier molecular flexibility index (Phi) is 4.38. The van der Waals surface area contributed by atoms with Gasteiger partial charge in [0.2, 0.25) is 0 Å². The van der Waals surface area contributed by atoms with Crippen molar-refractivity contribution >= 4 is 16.9 Å². The summed E-state index contributed by atoms with van der Waals surface area (Å²) in [5.41, 5.74) is 5.49. The quantitative estimate of drug-likeness (QED) is 0.191. The first-order valence-electron chi connectivity index (χ1n) is 4.62. The lowest BCUT2D eigenvalue weighted by Gasteiger charge is -2.18. The first-order chi connectivity index (χ1) is 6.24. The van der Waals surface area contributed by atoms with Crippen LogP contribution in [0, 0.1) is 0 Å². The van der Waals surface area contributed by atoms with Crippen molar-refractivity contribution < 1.29 is 5.11 Å². The monoisotopic (exact) mass is 203 g/mol. The molecule has 5 heteroatoms. The van der Waals surface area contributed by atoms with E-state index in [2.05, 4.69) is 5.10 Å².